The van der Waals surface area contributed by atoms with Crippen molar-refractivity contribution in [1.82, 2.24) is 9.80 Å². The monoisotopic (exact) mass is 266 g/mol. The van der Waals surface area contributed by atoms with Gasteiger partial charge < -0.3 is 19.3 Å². The fourth-order valence-electron chi connectivity index (χ4n) is 2.25. The molecule has 2 rings (SSSR count). The van der Waals surface area contributed by atoms with E-state index in [0.717, 1.165) is 11.5 Å². The molecule has 2 amide bonds. The Hall–Kier alpha value is -1.98. The van der Waals surface area contributed by atoms with Gasteiger partial charge in [0.15, 0.2) is 0 Å². The van der Waals surface area contributed by atoms with E-state index in [1.165, 1.54) is 0 Å². The Labute approximate surface area is 111 Å². The molecule has 0 aliphatic carbocycles. The van der Waals surface area contributed by atoms with Crippen molar-refractivity contribution in [2.24, 2.45) is 5.92 Å². The molecular formula is C13H18N2O4. The van der Waals surface area contributed by atoms with Crippen LogP contribution >= 0.6 is 0 Å². The number of carboxylic acids is 1. The second kappa shape index (κ2) is 5.34. The summed E-state index contributed by atoms with van der Waals surface area (Å²) in [6.45, 7) is 3.02. The van der Waals surface area contributed by atoms with E-state index in [1.54, 1.807) is 16.8 Å². The molecule has 1 atom stereocenters. The third-order valence-electron chi connectivity index (χ3n) is 3.32. The van der Waals surface area contributed by atoms with Crippen LogP contribution in [0.15, 0.2) is 16.5 Å². The van der Waals surface area contributed by atoms with Gasteiger partial charge in [-0.25, -0.2) is 4.79 Å². The van der Waals surface area contributed by atoms with E-state index in [-0.39, 0.29) is 12.6 Å². The quantitative estimate of drug-likeness (QED) is 0.900. The molecule has 1 aliphatic heterocycles. The molecule has 2 heterocycles. The minimum absolute atomic E-state index is 0.155. The number of hydrogen-bond acceptors (Lipinski definition) is 3. The van der Waals surface area contributed by atoms with Gasteiger partial charge in [-0.3, -0.25) is 4.79 Å². The van der Waals surface area contributed by atoms with Gasteiger partial charge >= 0.3 is 12.0 Å². The number of carbonyl (C=O) groups excluding carboxylic acids is 1. The van der Waals surface area contributed by atoms with Gasteiger partial charge in [-0.05, 0) is 25.5 Å². The maximum absolute atomic E-state index is 12.1. The van der Waals surface area contributed by atoms with Crippen molar-refractivity contribution in [3.8, 4) is 0 Å². The van der Waals surface area contributed by atoms with Gasteiger partial charge in [0.05, 0.1) is 12.5 Å². The number of carboxylic acid groups (broad SMARTS) is 1. The van der Waals surface area contributed by atoms with Crippen LogP contribution in [0.25, 0.3) is 0 Å². The number of likely N-dealkylation sites (tertiary alicyclic amines) is 1. The molecular weight excluding hydrogens is 248 g/mol. The summed E-state index contributed by atoms with van der Waals surface area (Å²) < 4.78 is 5.42. The predicted octanol–water partition coefficient (Wildman–Crippen LogP) is 1.55. The van der Waals surface area contributed by atoms with E-state index < -0.39 is 11.9 Å². The topological polar surface area (TPSA) is 74.0 Å². The van der Waals surface area contributed by atoms with Gasteiger partial charge in [0.1, 0.15) is 11.5 Å². The van der Waals surface area contributed by atoms with E-state index >= 15 is 0 Å². The van der Waals surface area contributed by atoms with E-state index in [2.05, 4.69) is 0 Å². The molecule has 0 spiro atoms. The summed E-state index contributed by atoms with van der Waals surface area (Å²) in [5.74, 6) is 0.258. The third-order valence-corrected chi connectivity index (χ3v) is 3.32. The highest BCUT2D eigenvalue weighted by Crippen LogP contribution is 2.18. The van der Waals surface area contributed by atoms with Crippen molar-refractivity contribution in [3.63, 3.8) is 0 Å². The summed E-state index contributed by atoms with van der Waals surface area (Å²) in [5.41, 5.74) is 0. The molecule has 1 unspecified atom stereocenters. The zero-order valence-corrected chi connectivity index (χ0v) is 11.1. The van der Waals surface area contributed by atoms with Crippen LogP contribution < -0.4 is 0 Å². The zero-order chi connectivity index (χ0) is 14.0. The smallest absolute Gasteiger partial charge is 0.320 e. The van der Waals surface area contributed by atoms with Crippen molar-refractivity contribution in [2.45, 2.75) is 19.9 Å². The predicted molar refractivity (Wildman–Crippen MR) is 67.6 cm³/mol. The number of furan rings is 1. The lowest BCUT2D eigenvalue weighted by molar-refractivity contribution is -0.141. The van der Waals surface area contributed by atoms with Crippen LogP contribution in [0.4, 0.5) is 4.79 Å². The fraction of sp³-hybridized carbons (Fsp3) is 0.538. The summed E-state index contributed by atoms with van der Waals surface area (Å²) >= 11 is 0. The van der Waals surface area contributed by atoms with Gasteiger partial charge in [-0.1, -0.05) is 0 Å². The SMILES string of the molecule is Cc1ccc(CN(C)C(=O)N2CCC(C(=O)O)C2)o1. The number of nitrogens with zero attached hydrogens (tertiary/aromatic N) is 2. The fourth-order valence-corrected chi connectivity index (χ4v) is 2.25. The summed E-state index contributed by atoms with van der Waals surface area (Å²) in [5, 5.41) is 8.92. The van der Waals surface area contributed by atoms with Gasteiger partial charge in [0, 0.05) is 20.1 Å². The van der Waals surface area contributed by atoms with Crippen LogP contribution in [-0.4, -0.2) is 47.0 Å². The van der Waals surface area contributed by atoms with E-state index in [0.29, 0.717) is 19.5 Å². The van der Waals surface area contributed by atoms with Gasteiger partial charge in [-0.2, -0.15) is 0 Å². The van der Waals surface area contributed by atoms with Crippen LogP contribution in [0, 0.1) is 12.8 Å². The molecule has 0 bridgehead atoms. The standard InChI is InChI=1S/C13H18N2O4/c1-9-3-4-11(19-9)8-14(2)13(18)15-6-5-10(7-15)12(16)17/h3-4,10H,5-8H2,1-2H3,(H,16,17). The molecule has 6 nitrogen and oxygen atoms in total. The van der Waals surface area contributed by atoms with E-state index in [1.807, 2.05) is 19.1 Å². The van der Waals surface area contributed by atoms with Crippen LogP contribution in [0.2, 0.25) is 0 Å². The van der Waals surface area contributed by atoms with E-state index in [9.17, 15) is 9.59 Å². The summed E-state index contributed by atoms with van der Waals surface area (Å²) in [4.78, 5) is 26.1. The normalized spacial score (nSPS) is 18.6. The van der Waals surface area contributed by atoms with Gasteiger partial charge in [0.25, 0.3) is 0 Å². The average molecular weight is 266 g/mol. The summed E-state index contributed by atoms with van der Waals surface area (Å²) in [7, 11) is 1.69. The lowest BCUT2D eigenvalue weighted by Crippen LogP contribution is -2.39. The number of urea groups is 1. The maximum Gasteiger partial charge on any atom is 0.320 e. The number of amides is 2. The molecule has 1 aromatic rings. The van der Waals surface area contributed by atoms with Crippen molar-refractivity contribution >= 4 is 12.0 Å². The van der Waals surface area contributed by atoms with Gasteiger partial charge in [0.2, 0.25) is 0 Å². The molecule has 0 aromatic carbocycles. The highest BCUT2D eigenvalue weighted by Gasteiger charge is 2.32. The average Bonchev–Trinajstić information content (AvgIpc) is 2.97. The molecule has 1 aliphatic rings. The molecule has 19 heavy (non-hydrogen) atoms. The first-order chi connectivity index (χ1) is 8.97. The van der Waals surface area contributed by atoms with Crippen LogP contribution in [-0.2, 0) is 11.3 Å². The van der Waals surface area contributed by atoms with E-state index in [4.69, 9.17) is 9.52 Å². The number of hydrogen-bond donors (Lipinski definition) is 1. The molecule has 6 heteroatoms. The van der Waals surface area contributed by atoms with Crippen molar-refractivity contribution in [1.29, 1.82) is 0 Å². The Kier molecular flexibility index (Phi) is 3.78. The lowest BCUT2D eigenvalue weighted by Gasteiger charge is -2.23. The minimum Gasteiger partial charge on any atom is -0.481 e. The van der Waals surface area contributed by atoms with Crippen LogP contribution in [0.3, 0.4) is 0 Å². The second-order valence-corrected chi connectivity index (χ2v) is 4.92. The minimum atomic E-state index is -0.834. The Bertz CT molecular complexity index is 483. The highest BCUT2D eigenvalue weighted by molar-refractivity contribution is 5.77. The van der Waals surface area contributed by atoms with Gasteiger partial charge in [-0.15, -0.1) is 0 Å². The Morgan fingerprint density at radius 2 is 2.26 bits per heavy atom. The zero-order valence-electron chi connectivity index (χ0n) is 11.1. The van der Waals surface area contributed by atoms with Crippen molar-refractivity contribution < 1.29 is 19.1 Å². The molecule has 104 valence electrons. The molecule has 0 saturated carbocycles. The number of aliphatic carboxylic acids is 1. The largest absolute Gasteiger partial charge is 0.481 e. The Morgan fingerprint density at radius 3 is 2.79 bits per heavy atom. The molecule has 1 N–H and O–H groups in total. The number of aryl methyl sites for hydroxylation is 1. The first kappa shape index (κ1) is 13.5. The number of rotatable bonds is 3. The molecule has 1 fully saturated rings. The van der Waals surface area contributed by atoms with Crippen molar-refractivity contribution in [2.75, 3.05) is 20.1 Å². The van der Waals surface area contributed by atoms with Crippen LogP contribution in [0.1, 0.15) is 17.9 Å². The molecule has 0 radical (unpaired) electrons. The lowest BCUT2D eigenvalue weighted by atomic mass is 10.1. The maximum atomic E-state index is 12.1. The first-order valence-electron chi connectivity index (χ1n) is 6.25. The summed E-state index contributed by atoms with van der Waals surface area (Å²) in [6, 6.07) is 3.53. The molecule has 1 saturated heterocycles. The first-order valence-corrected chi connectivity index (χ1v) is 6.25. The summed E-state index contributed by atoms with van der Waals surface area (Å²) in [6.07, 6.45) is 0.523. The highest BCUT2D eigenvalue weighted by atomic mass is 16.4. The third kappa shape index (κ3) is 3.07. The van der Waals surface area contributed by atoms with Crippen molar-refractivity contribution in [3.05, 3.63) is 23.7 Å². The molecule has 1 aromatic heterocycles. The Morgan fingerprint density at radius 1 is 1.53 bits per heavy atom. The van der Waals surface area contributed by atoms with Crippen LogP contribution in [0.5, 0.6) is 0 Å². The number of carbonyl (C=O) groups is 2. The second-order valence-electron chi connectivity index (χ2n) is 4.92. The Balaban J connectivity index is 1.91.